The summed E-state index contributed by atoms with van der Waals surface area (Å²) in [5.74, 6) is 1.82. The number of nitrogens with zero attached hydrogens (tertiary/aromatic N) is 8. The van der Waals surface area contributed by atoms with Gasteiger partial charge >= 0.3 is 6.09 Å². The number of nitrogens with one attached hydrogen (secondary N) is 1. The number of hydrogen-bond donors (Lipinski definition) is 3. The molecule has 1 aliphatic rings. The number of anilines is 1. The lowest BCUT2D eigenvalue weighted by atomic mass is 10.0. The Hall–Kier alpha value is -6.65. The number of nitrogen functional groups attached to an aromatic ring is 1. The van der Waals surface area contributed by atoms with E-state index in [1.807, 2.05) is 37.8 Å². The van der Waals surface area contributed by atoms with Gasteiger partial charge in [0.15, 0.2) is 0 Å². The molecule has 0 bridgehead atoms. The van der Waals surface area contributed by atoms with E-state index >= 15 is 16.8 Å². The molecule has 0 unspecified atom stereocenters. The van der Waals surface area contributed by atoms with Crippen LogP contribution in [0.2, 0.25) is 0 Å². The molecule has 0 radical (unpaired) electrons. The summed E-state index contributed by atoms with van der Waals surface area (Å²) >= 11 is 0. The zero-order valence-corrected chi connectivity index (χ0v) is 40.4. The third kappa shape index (κ3) is 11.5. The number of likely N-dealkylation sites (tertiary alicyclic amines) is 1. The van der Waals surface area contributed by atoms with Gasteiger partial charge in [-0.1, -0.05) is 42.5 Å². The van der Waals surface area contributed by atoms with Crippen LogP contribution in [0.3, 0.4) is 0 Å². The van der Waals surface area contributed by atoms with Crippen LogP contribution in [0.15, 0.2) is 113 Å². The molecule has 2 aromatic heterocycles. The van der Waals surface area contributed by atoms with Crippen molar-refractivity contribution < 1.29 is 40.9 Å². The molecule has 360 valence electrons. The number of rotatable bonds is 19. The summed E-state index contributed by atoms with van der Waals surface area (Å²) in [7, 11) is -4.96. The minimum Gasteiger partial charge on any atom is -0.497 e. The summed E-state index contributed by atoms with van der Waals surface area (Å²) in [6.07, 6.45) is 0.789. The Morgan fingerprint density at radius 1 is 0.824 bits per heavy atom. The standard InChI is InChI=1S/C47H56N10O9S2/c1-47(2,3)56(46(58)59)26-25-54-24-23-36(31-54)52-67(60,61)41-21-20-40(35-13-22-42(48)49-27-35)43(45-50-53-57(51-45)30-34-11-18-39(66-6)19-12-34)44(41)68(62,63)55(28-32-7-14-37(64-4)15-8-32)29-33-9-16-38(65-5)17-10-33/h7-22,27,36,52H,23-26,28-31H2,1-6H3,(H2,48,49)(H,58,59)/t36-/m1/s1. The molecule has 6 aromatic rings. The molecule has 0 saturated carbocycles. The minimum atomic E-state index is -4.90. The number of nitrogens with two attached hydrogens (primary N) is 1. The van der Waals surface area contributed by atoms with E-state index in [-0.39, 0.29) is 55.5 Å². The smallest absolute Gasteiger partial charge is 0.407 e. The lowest BCUT2D eigenvalue weighted by molar-refractivity contribution is 0.0932. The summed E-state index contributed by atoms with van der Waals surface area (Å²) in [5, 5.41) is 23.3. The van der Waals surface area contributed by atoms with Crippen LogP contribution in [0, 0.1) is 0 Å². The first-order valence-corrected chi connectivity index (χ1v) is 24.6. The first-order valence-electron chi connectivity index (χ1n) is 21.7. The second kappa shape index (κ2) is 20.7. The molecule has 7 rings (SSSR count). The molecule has 0 aliphatic carbocycles. The number of tetrazole rings is 1. The highest BCUT2D eigenvalue weighted by molar-refractivity contribution is 7.92. The Labute approximate surface area is 396 Å². The quantitative estimate of drug-likeness (QED) is 0.0898. The first-order chi connectivity index (χ1) is 32.4. The predicted molar refractivity (Wildman–Crippen MR) is 255 cm³/mol. The highest BCUT2D eigenvalue weighted by atomic mass is 32.2. The molecule has 3 heterocycles. The van der Waals surface area contributed by atoms with E-state index in [1.165, 1.54) is 46.6 Å². The fraction of sp³-hybridized carbons (Fsp3) is 0.340. The SMILES string of the molecule is COc1ccc(CN(Cc2ccc(OC)cc2)S(=O)(=O)c2c(S(=O)(=O)N[C@@H]3CCN(CCN(C(=O)O)C(C)(C)C)C3)ccc(-c3ccc(N)nc3)c2-c2nnn(Cc3ccc(OC)cc3)n2)cc1. The number of hydrogen-bond acceptors (Lipinski definition) is 14. The van der Waals surface area contributed by atoms with Crippen molar-refractivity contribution in [2.24, 2.45) is 0 Å². The summed E-state index contributed by atoms with van der Waals surface area (Å²) in [4.78, 5) is 19.8. The molecule has 1 amide bonds. The zero-order valence-electron chi connectivity index (χ0n) is 38.7. The average Bonchev–Trinajstić information content (AvgIpc) is 3.97. The van der Waals surface area contributed by atoms with Crippen molar-refractivity contribution in [1.29, 1.82) is 0 Å². The normalized spacial score (nSPS) is 14.5. The number of carbonyl (C=O) groups is 1. The third-order valence-electron chi connectivity index (χ3n) is 11.6. The molecular weight excluding hydrogens is 913 g/mol. The monoisotopic (exact) mass is 968 g/mol. The van der Waals surface area contributed by atoms with Crippen LogP contribution in [0.5, 0.6) is 17.2 Å². The summed E-state index contributed by atoms with van der Waals surface area (Å²) < 4.78 is 82.3. The van der Waals surface area contributed by atoms with Crippen LogP contribution in [-0.4, -0.2) is 126 Å². The number of sulfonamides is 2. The molecule has 4 aromatic carbocycles. The maximum atomic E-state index is 16.0. The Morgan fingerprint density at radius 2 is 1.40 bits per heavy atom. The topological polar surface area (TPSA) is 238 Å². The third-order valence-corrected chi connectivity index (χ3v) is 15.1. The second-order valence-corrected chi connectivity index (χ2v) is 20.8. The summed E-state index contributed by atoms with van der Waals surface area (Å²) in [5.41, 5.74) is 7.86. The number of pyridine rings is 1. The Kier molecular flexibility index (Phi) is 15.0. The van der Waals surface area contributed by atoms with Gasteiger partial charge in [-0.05, 0) is 116 Å². The van der Waals surface area contributed by atoms with Gasteiger partial charge in [-0.2, -0.15) is 9.10 Å². The summed E-state index contributed by atoms with van der Waals surface area (Å²) in [6, 6.07) is 26.4. The molecule has 0 spiro atoms. The van der Waals surface area contributed by atoms with Crippen LogP contribution in [0.25, 0.3) is 22.5 Å². The number of aromatic nitrogens is 5. The lowest BCUT2D eigenvalue weighted by Crippen LogP contribution is -2.48. The molecule has 1 atom stereocenters. The number of benzene rings is 4. The van der Waals surface area contributed by atoms with E-state index in [2.05, 4.69) is 20.0 Å². The van der Waals surface area contributed by atoms with Crippen LogP contribution in [0.4, 0.5) is 10.6 Å². The molecular formula is C47H56N10O9S2. The van der Waals surface area contributed by atoms with Gasteiger partial charge in [-0.15, -0.1) is 10.2 Å². The predicted octanol–water partition coefficient (Wildman–Crippen LogP) is 5.58. The van der Waals surface area contributed by atoms with E-state index in [1.54, 1.807) is 79.9 Å². The number of methoxy groups -OCH3 is 3. The molecule has 1 fully saturated rings. The Bertz CT molecular complexity index is 2860. The number of carboxylic acid groups (broad SMARTS) is 1. The van der Waals surface area contributed by atoms with Gasteiger partial charge in [0.1, 0.15) is 32.9 Å². The second-order valence-electron chi connectivity index (χ2n) is 17.3. The van der Waals surface area contributed by atoms with E-state index in [0.29, 0.717) is 53.4 Å². The van der Waals surface area contributed by atoms with Crippen LogP contribution in [0.1, 0.15) is 43.9 Å². The number of amides is 1. The van der Waals surface area contributed by atoms with Gasteiger partial charge < -0.3 is 30.0 Å². The lowest BCUT2D eigenvalue weighted by Gasteiger charge is -2.34. The van der Waals surface area contributed by atoms with Crippen molar-refractivity contribution in [3.8, 4) is 39.8 Å². The van der Waals surface area contributed by atoms with Gasteiger partial charge in [-0.25, -0.2) is 31.3 Å². The fourth-order valence-electron chi connectivity index (χ4n) is 7.96. The van der Waals surface area contributed by atoms with Crippen molar-refractivity contribution in [1.82, 2.24) is 44.0 Å². The minimum absolute atomic E-state index is 0.126. The Balaban J connectivity index is 1.38. The molecule has 19 nitrogen and oxygen atoms in total. The average molecular weight is 969 g/mol. The highest BCUT2D eigenvalue weighted by Crippen LogP contribution is 2.41. The van der Waals surface area contributed by atoms with E-state index in [9.17, 15) is 9.90 Å². The van der Waals surface area contributed by atoms with E-state index in [4.69, 9.17) is 25.0 Å². The number of ether oxygens (including phenoxy) is 3. The highest BCUT2D eigenvalue weighted by Gasteiger charge is 2.39. The van der Waals surface area contributed by atoms with E-state index in [0.717, 1.165) is 5.56 Å². The maximum Gasteiger partial charge on any atom is 0.407 e. The van der Waals surface area contributed by atoms with Crippen molar-refractivity contribution >= 4 is 32.0 Å². The van der Waals surface area contributed by atoms with Crippen molar-refractivity contribution in [2.75, 3.05) is 53.2 Å². The van der Waals surface area contributed by atoms with E-state index < -0.39 is 47.5 Å². The molecule has 4 N–H and O–H groups in total. The van der Waals surface area contributed by atoms with Gasteiger partial charge in [0, 0.05) is 56.1 Å². The van der Waals surface area contributed by atoms with Crippen LogP contribution >= 0.6 is 0 Å². The summed E-state index contributed by atoms with van der Waals surface area (Å²) in [6.45, 7) is 6.48. The molecule has 1 aliphatic heterocycles. The van der Waals surface area contributed by atoms with Crippen molar-refractivity contribution in [3.63, 3.8) is 0 Å². The molecule has 1 saturated heterocycles. The van der Waals surface area contributed by atoms with Gasteiger partial charge in [0.2, 0.25) is 25.9 Å². The largest absolute Gasteiger partial charge is 0.497 e. The molecule has 68 heavy (non-hydrogen) atoms. The van der Waals surface area contributed by atoms with Crippen molar-refractivity contribution in [2.45, 2.75) is 68.2 Å². The Morgan fingerprint density at radius 3 is 1.91 bits per heavy atom. The molecule has 21 heteroatoms. The van der Waals surface area contributed by atoms with Crippen molar-refractivity contribution in [3.05, 3.63) is 120 Å². The van der Waals surface area contributed by atoms with Gasteiger partial charge in [0.25, 0.3) is 0 Å². The van der Waals surface area contributed by atoms with Gasteiger partial charge in [0.05, 0.1) is 33.4 Å². The van der Waals surface area contributed by atoms with Gasteiger partial charge in [-0.3, -0.25) is 4.90 Å². The van der Waals surface area contributed by atoms with Crippen LogP contribution in [-0.2, 0) is 39.7 Å². The maximum absolute atomic E-state index is 16.0. The fourth-order valence-corrected chi connectivity index (χ4v) is 11.6. The first kappa shape index (κ1) is 49.3. The zero-order chi connectivity index (χ0) is 48.8. The van der Waals surface area contributed by atoms with Crippen LogP contribution < -0.4 is 24.7 Å².